The molecule has 0 saturated heterocycles. The van der Waals surface area contributed by atoms with Crippen LogP contribution in [0.3, 0.4) is 0 Å². The molecule has 0 fully saturated rings. The largest absolute Gasteiger partial charge is 0.482 e. The number of ether oxygens (including phenoxy) is 4. The maximum absolute atomic E-state index is 11.9. The first-order valence-electron chi connectivity index (χ1n) is 8.58. The molecule has 9 heteroatoms. The lowest BCUT2D eigenvalue weighted by Crippen LogP contribution is -2.55. The molecule has 0 radical (unpaired) electrons. The Hall–Kier alpha value is -2.91. The van der Waals surface area contributed by atoms with Gasteiger partial charge in [-0.05, 0) is 25.1 Å². The van der Waals surface area contributed by atoms with Crippen molar-refractivity contribution in [1.82, 2.24) is 9.78 Å². The normalized spacial score (nSPS) is 23.5. The summed E-state index contributed by atoms with van der Waals surface area (Å²) in [6.07, 6.45) is -2.06. The van der Waals surface area contributed by atoms with Gasteiger partial charge in [0.1, 0.15) is 11.9 Å². The number of hydrogen-bond acceptors (Lipinski definition) is 8. The first-order valence-corrected chi connectivity index (χ1v) is 8.58. The molecule has 0 aliphatic carbocycles. The zero-order chi connectivity index (χ0) is 20.5. The van der Waals surface area contributed by atoms with Crippen molar-refractivity contribution in [1.29, 1.82) is 0 Å². The fourth-order valence-electron chi connectivity index (χ4n) is 3.11. The number of rotatable bonds is 5. The first kappa shape index (κ1) is 19.8. The second-order valence-electron chi connectivity index (χ2n) is 6.71. The van der Waals surface area contributed by atoms with E-state index in [-0.39, 0.29) is 23.6 Å². The Morgan fingerprint density at radius 1 is 1.32 bits per heavy atom. The summed E-state index contributed by atoms with van der Waals surface area (Å²) in [5.74, 6) is 0.0519. The van der Waals surface area contributed by atoms with Crippen LogP contribution in [0.2, 0.25) is 0 Å². The SMILES string of the molecule is COCC1(C)Oc2ccc(C(=O)OC)cc2C(Oc2ccc(=O)n(C)n2)C1O. The highest BCUT2D eigenvalue weighted by atomic mass is 16.6. The monoisotopic (exact) mass is 390 g/mol. The molecule has 0 amide bonds. The number of fused-ring (bicyclic) bond motifs is 1. The minimum atomic E-state index is -1.15. The second kappa shape index (κ2) is 7.61. The number of esters is 1. The number of aromatic nitrogens is 2. The average molecular weight is 390 g/mol. The van der Waals surface area contributed by atoms with E-state index < -0.39 is 23.8 Å². The molecule has 2 heterocycles. The molecular weight excluding hydrogens is 368 g/mol. The molecule has 1 N–H and O–H groups in total. The summed E-state index contributed by atoms with van der Waals surface area (Å²) in [6, 6.07) is 7.46. The van der Waals surface area contributed by atoms with Gasteiger partial charge in [0.25, 0.3) is 5.56 Å². The molecule has 150 valence electrons. The van der Waals surface area contributed by atoms with Crippen molar-refractivity contribution in [2.45, 2.75) is 24.7 Å². The van der Waals surface area contributed by atoms with E-state index in [9.17, 15) is 14.7 Å². The Kier molecular flexibility index (Phi) is 5.39. The van der Waals surface area contributed by atoms with Crippen LogP contribution in [0.1, 0.15) is 28.9 Å². The summed E-state index contributed by atoms with van der Waals surface area (Å²) < 4.78 is 23.0. The Bertz CT molecular complexity index is 942. The zero-order valence-corrected chi connectivity index (χ0v) is 16.0. The van der Waals surface area contributed by atoms with Gasteiger partial charge in [0.2, 0.25) is 5.88 Å². The van der Waals surface area contributed by atoms with Crippen molar-refractivity contribution in [3.8, 4) is 11.6 Å². The summed E-state index contributed by atoms with van der Waals surface area (Å²) in [4.78, 5) is 23.5. The van der Waals surface area contributed by atoms with Crippen molar-refractivity contribution in [3.05, 3.63) is 51.8 Å². The van der Waals surface area contributed by atoms with Gasteiger partial charge < -0.3 is 24.1 Å². The maximum atomic E-state index is 11.9. The van der Waals surface area contributed by atoms with Gasteiger partial charge in [-0.2, -0.15) is 0 Å². The van der Waals surface area contributed by atoms with E-state index in [4.69, 9.17) is 18.9 Å². The van der Waals surface area contributed by atoms with Crippen LogP contribution < -0.4 is 15.0 Å². The lowest BCUT2D eigenvalue weighted by atomic mass is 9.86. The Balaban J connectivity index is 2.07. The first-order chi connectivity index (χ1) is 13.3. The Morgan fingerprint density at radius 3 is 2.71 bits per heavy atom. The average Bonchev–Trinajstić information content (AvgIpc) is 2.67. The van der Waals surface area contributed by atoms with Crippen LogP contribution in [0.25, 0.3) is 0 Å². The third-order valence-electron chi connectivity index (χ3n) is 4.61. The third kappa shape index (κ3) is 3.58. The van der Waals surface area contributed by atoms with E-state index in [2.05, 4.69) is 5.10 Å². The highest BCUT2D eigenvalue weighted by molar-refractivity contribution is 5.89. The fraction of sp³-hybridized carbons (Fsp3) is 0.421. The summed E-state index contributed by atoms with van der Waals surface area (Å²) >= 11 is 0. The number of carbonyl (C=O) groups is 1. The minimum absolute atomic E-state index is 0.104. The van der Waals surface area contributed by atoms with E-state index in [1.165, 1.54) is 33.4 Å². The van der Waals surface area contributed by atoms with Gasteiger partial charge >= 0.3 is 5.97 Å². The molecule has 3 atom stereocenters. The van der Waals surface area contributed by atoms with Crippen molar-refractivity contribution in [2.24, 2.45) is 7.05 Å². The van der Waals surface area contributed by atoms with Gasteiger partial charge in [-0.15, -0.1) is 5.10 Å². The summed E-state index contributed by atoms with van der Waals surface area (Å²) in [5.41, 5.74) is -0.647. The second-order valence-corrected chi connectivity index (χ2v) is 6.71. The lowest BCUT2D eigenvalue weighted by molar-refractivity contribution is -0.138. The lowest BCUT2D eigenvalue weighted by Gasteiger charge is -2.43. The van der Waals surface area contributed by atoms with Crippen LogP contribution in [0.4, 0.5) is 0 Å². The number of aryl methyl sites for hydroxylation is 1. The van der Waals surface area contributed by atoms with Crippen LogP contribution >= 0.6 is 0 Å². The summed E-state index contributed by atoms with van der Waals surface area (Å²) in [5, 5.41) is 15.0. The van der Waals surface area contributed by atoms with E-state index >= 15 is 0 Å². The molecule has 0 spiro atoms. The number of methoxy groups -OCH3 is 2. The molecule has 1 aromatic heterocycles. The molecule has 1 aliphatic heterocycles. The van der Waals surface area contributed by atoms with Gasteiger partial charge in [-0.25, -0.2) is 9.48 Å². The number of carbonyl (C=O) groups excluding carboxylic acids is 1. The van der Waals surface area contributed by atoms with E-state index in [1.54, 1.807) is 25.1 Å². The smallest absolute Gasteiger partial charge is 0.337 e. The molecule has 0 bridgehead atoms. The van der Waals surface area contributed by atoms with Crippen LogP contribution in [0, 0.1) is 0 Å². The molecule has 28 heavy (non-hydrogen) atoms. The van der Waals surface area contributed by atoms with Crippen molar-refractivity contribution < 1.29 is 28.8 Å². The molecule has 1 aromatic carbocycles. The predicted molar refractivity (Wildman–Crippen MR) is 97.5 cm³/mol. The standard InChI is InChI=1S/C19H22N2O7/c1-19(10-25-3)17(23)16(27-14-7-8-15(22)21(2)20-14)12-9-11(18(24)26-4)5-6-13(12)28-19/h5-9,16-17,23H,10H2,1-4H3. The predicted octanol–water partition coefficient (Wildman–Crippen LogP) is 0.845. The number of nitrogens with zero attached hydrogens (tertiary/aromatic N) is 2. The highest BCUT2D eigenvalue weighted by Gasteiger charge is 2.48. The van der Waals surface area contributed by atoms with Crippen LogP contribution in [0.15, 0.2) is 35.1 Å². The van der Waals surface area contributed by atoms with Crippen LogP contribution in [0.5, 0.6) is 11.6 Å². The van der Waals surface area contributed by atoms with Crippen molar-refractivity contribution in [2.75, 3.05) is 20.8 Å². The van der Waals surface area contributed by atoms with Gasteiger partial charge in [0, 0.05) is 31.9 Å². The van der Waals surface area contributed by atoms with E-state index in [0.29, 0.717) is 11.3 Å². The number of aliphatic hydroxyl groups is 1. The van der Waals surface area contributed by atoms with E-state index in [1.807, 2.05) is 0 Å². The van der Waals surface area contributed by atoms with Gasteiger partial charge in [-0.3, -0.25) is 4.79 Å². The maximum Gasteiger partial charge on any atom is 0.337 e. The molecule has 3 rings (SSSR count). The quantitative estimate of drug-likeness (QED) is 0.749. The highest BCUT2D eigenvalue weighted by Crippen LogP contribution is 2.42. The molecule has 1 aliphatic rings. The van der Waals surface area contributed by atoms with Crippen molar-refractivity contribution >= 4 is 5.97 Å². The Labute approximate surface area is 161 Å². The molecule has 9 nitrogen and oxygen atoms in total. The van der Waals surface area contributed by atoms with Crippen LogP contribution in [-0.2, 0) is 16.5 Å². The van der Waals surface area contributed by atoms with Crippen LogP contribution in [-0.4, -0.2) is 53.4 Å². The summed E-state index contributed by atoms with van der Waals surface area (Å²) in [7, 11) is 4.28. The van der Waals surface area contributed by atoms with Crippen molar-refractivity contribution in [3.63, 3.8) is 0 Å². The van der Waals surface area contributed by atoms with Gasteiger partial charge in [0.05, 0.1) is 19.3 Å². The number of hydrogen-bond donors (Lipinski definition) is 1. The fourth-order valence-corrected chi connectivity index (χ4v) is 3.11. The summed E-state index contributed by atoms with van der Waals surface area (Å²) in [6.45, 7) is 1.80. The van der Waals surface area contributed by atoms with E-state index in [0.717, 1.165) is 4.68 Å². The molecule has 2 aromatic rings. The van der Waals surface area contributed by atoms with Gasteiger partial charge in [-0.1, -0.05) is 0 Å². The molecule has 0 saturated carbocycles. The van der Waals surface area contributed by atoms with Gasteiger partial charge in [0.15, 0.2) is 11.7 Å². The third-order valence-corrected chi connectivity index (χ3v) is 4.61. The Morgan fingerprint density at radius 2 is 2.07 bits per heavy atom. The zero-order valence-electron chi connectivity index (χ0n) is 16.0. The molecular formula is C19H22N2O7. The topological polar surface area (TPSA) is 109 Å². The molecule has 3 unspecified atom stereocenters. The number of aliphatic hydroxyl groups excluding tert-OH is 1. The minimum Gasteiger partial charge on any atom is -0.482 e. The number of benzene rings is 1.